The Balaban J connectivity index is 1.27. The molecule has 1 saturated carbocycles. The Hall–Kier alpha value is -1.19. The summed E-state index contributed by atoms with van der Waals surface area (Å²) in [7, 11) is -3.01. The van der Waals surface area contributed by atoms with E-state index in [1.807, 2.05) is 9.80 Å². The number of carbonyl (C=O) groups excluding carboxylic acids is 2. The van der Waals surface area contributed by atoms with E-state index in [9.17, 15) is 18.0 Å². The van der Waals surface area contributed by atoms with Crippen LogP contribution in [0.4, 0.5) is 0 Å². The second-order valence-corrected chi connectivity index (χ2v) is 12.0. The van der Waals surface area contributed by atoms with Gasteiger partial charge in [0.25, 0.3) is 0 Å². The smallest absolute Gasteiger partial charge is 0.237 e. The highest BCUT2D eigenvalue weighted by atomic mass is 32.2. The SMILES string of the molecule is O=C(CN1CCN(CC(=O)N(C2CCCC2)C2CCS(=O)(=O)C2)CC1)N1CCCCC1. The zero-order valence-corrected chi connectivity index (χ0v) is 19.5. The number of sulfone groups is 1. The number of hydrogen-bond donors (Lipinski definition) is 0. The fourth-order valence-electron chi connectivity index (χ4n) is 5.70. The van der Waals surface area contributed by atoms with E-state index in [0.717, 1.165) is 77.8 Å². The van der Waals surface area contributed by atoms with Crippen molar-refractivity contribution < 1.29 is 18.0 Å². The summed E-state index contributed by atoms with van der Waals surface area (Å²) in [5.74, 6) is 0.658. The first-order valence-corrected chi connectivity index (χ1v) is 14.0. The van der Waals surface area contributed by atoms with E-state index in [-0.39, 0.29) is 35.4 Å². The quantitative estimate of drug-likeness (QED) is 0.584. The predicted molar refractivity (Wildman–Crippen MR) is 119 cm³/mol. The van der Waals surface area contributed by atoms with Crippen molar-refractivity contribution in [2.24, 2.45) is 0 Å². The van der Waals surface area contributed by atoms with Crippen LogP contribution in [-0.2, 0) is 19.4 Å². The minimum atomic E-state index is -3.01. The molecule has 0 aromatic heterocycles. The van der Waals surface area contributed by atoms with Gasteiger partial charge in [-0.15, -0.1) is 0 Å². The zero-order chi connectivity index (χ0) is 21.8. The Bertz CT molecular complexity index is 739. The Morgan fingerprint density at radius 3 is 1.94 bits per heavy atom. The van der Waals surface area contributed by atoms with E-state index in [1.54, 1.807) is 0 Å². The zero-order valence-electron chi connectivity index (χ0n) is 18.7. The molecule has 0 aromatic rings. The van der Waals surface area contributed by atoms with Gasteiger partial charge in [0, 0.05) is 51.4 Å². The fourth-order valence-corrected chi connectivity index (χ4v) is 7.41. The summed E-state index contributed by atoms with van der Waals surface area (Å²) in [5, 5.41) is 0. The van der Waals surface area contributed by atoms with Crippen LogP contribution >= 0.6 is 0 Å². The molecule has 3 heterocycles. The van der Waals surface area contributed by atoms with Gasteiger partial charge in [-0.3, -0.25) is 19.4 Å². The van der Waals surface area contributed by atoms with Gasteiger partial charge in [0.2, 0.25) is 11.8 Å². The van der Waals surface area contributed by atoms with Crippen LogP contribution in [0, 0.1) is 0 Å². The number of piperidine rings is 1. The van der Waals surface area contributed by atoms with Crippen LogP contribution in [0.3, 0.4) is 0 Å². The number of hydrogen-bond acceptors (Lipinski definition) is 6. The van der Waals surface area contributed by atoms with E-state index in [1.165, 1.54) is 6.42 Å². The molecule has 0 N–H and O–H groups in total. The molecule has 8 nitrogen and oxygen atoms in total. The second kappa shape index (κ2) is 10.2. The third kappa shape index (κ3) is 5.99. The van der Waals surface area contributed by atoms with E-state index < -0.39 is 9.84 Å². The monoisotopic (exact) mass is 454 g/mol. The van der Waals surface area contributed by atoms with Crippen molar-refractivity contribution in [2.45, 2.75) is 63.5 Å². The van der Waals surface area contributed by atoms with Gasteiger partial charge in [0.15, 0.2) is 9.84 Å². The lowest BCUT2D eigenvalue weighted by molar-refractivity contribution is -0.138. The van der Waals surface area contributed by atoms with Crippen molar-refractivity contribution in [3.63, 3.8) is 0 Å². The van der Waals surface area contributed by atoms with Gasteiger partial charge in [-0.1, -0.05) is 12.8 Å². The Kier molecular flexibility index (Phi) is 7.54. The lowest BCUT2D eigenvalue weighted by Crippen LogP contribution is -2.55. The summed E-state index contributed by atoms with van der Waals surface area (Å²) in [5.41, 5.74) is 0. The number of rotatable bonds is 6. The molecule has 0 bridgehead atoms. The number of nitrogens with zero attached hydrogens (tertiary/aromatic N) is 4. The summed E-state index contributed by atoms with van der Waals surface area (Å²) in [4.78, 5) is 34.1. The largest absolute Gasteiger partial charge is 0.342 e. The number of carbonyl (C=O) groups is 2. The summed E-state index contributed by atoms with van der Waals surface area (Å²) in [6.45, 7) is 5.78. The summed E-state index contributed by atoms with van der Waals surface area (Å²) in [6.07, 6.45) is 8.26. The normalized spacial score (nSPS) is 28.1. The average Bonchev–Trinajstić information content (AvgIpc) is 3.40. The standard InChI is InChI=1S/C22H38N4O4S/c27-21(25-9-4-1-5-10-25)16-23-11-13-24(14-12-23)17-22(28)26(19-6-2-3-7-19)20-8-15-31(29,30)18-20/h19-20H,1-18H2. The topological polar surface area (TPSA) is 81.2 Å². The second-order valence-electron chi connectivity index (χ2n) is 9.79. The molecular weight excluding hydrogens is 416 g/mol. The van der Waals surface area contributed by atoms with Crippen LogP contribution in [0.5, 0.6) is 0 Å². The van der Waals surface area contributed by atoms with Crippen LogP contribution in [0.15, 0.2) is 0 Å². The molecular formula is C22H38N4O4S. The third-order valence-electron chi connectivity index (χ3n) is 7.50. The molecule has 3 aliphatic heterocycles. The van der Waals surface area contributed by atoms with Crippen LogP contribution in [0.25, 0.3) is 0 Å². The first-order valence-electron chi connectivity index (χ1n) is 12.2. The molecule has 0 spiro atoms. The van der Waals surface area contributed by atoms with Gasteiger partial charge < -0.3 is 9.80 Å². The van der Waals surface area contributed by atoms with Gasteiger partial charge >= 0.3 is 0 Å². The predicted octanol–water partition coefficient (Wildman–Crippen LogP) is 0.575. The van der Waals surface area contributed by atoms with Crippen LogP contribution in [0.1, 0.15) is 51.4 Å². The molecule has 4 fully saturated rings. The Morgan fingerprint density at radius 1 is 0.742 bits per heavy atom. The number of piperazine rings is 1. The van der Waals surface area contributed by atoms with Crippen LogP contribution in [0.2, 0.25) is 0 Å². The molecule has 2 amide bonds. The van der Waals surface area contributed by atoms with Crippen LogP contribution < -0.4 is 0 Å². The van der Waals surface area contributed by atoms with E-state index in [0.29, 0.717) is 19.5 Å². The van der Waals surface area contributed by atoms with Crippen molar-refractivity contribution in [1.29, 1.82) is 0 Å². The highest BCUT2D eigenvalue weighted by molar-refractivity contribution is 7.91. The number of likely N-dealkylation sites (tertiary alicyclic amines) is 1. The van der Waals surface area contributed by atoms with Gasteiger partial charge in [-0.05, 0) is 38.5 Å². The summed E-state index contributed by atoms with van der Waals surface area (Å²) < 4.78 is 24.1. The minimum absolute atomic E-state index is 0.0897. The van der Waals surface area contributed by atoms with Crippen molar-refractivity contribution in [1.82, 2.24) is 19.6 Å². The summed E-state index contributed by atoms with van der Waals surface area (Å²) in [6, 6.07) is 0.0540. The van der Waals surface area contributed by atoms with Crippen molar-refractivity contribution in [2.75, 3.05) is 63.9 Å². The molecule has 0 radical (unpaired) electrons. The molecule has 4 rings (SSSR count). The number of amides is 2. The highest BCUT2D eigenvalue weighted by Crippen LogP contribution is 2.29. The maximum Gasteiger partial charge on any atom is 0.237 e. The van der Waals surface area contributed by atoms with Crippen molar-refractivity contribution in [3.8, 4) is 0 Å². The molecule has 0 aromatic carbocycles. The van der Waals surface area contributed by atoms with E-state index in [4.69, 9.17) is 0 Å². The average molecular weight is 455 g/mol. The molecule has 9 heteroatoms. The van der Waals surface area contributed by atoms with Crippen LogP contribution in [-0.4, -0.2) is 116 Å². The lowest BCUT2D eigenvalue weighted by Gasteiger charge is -2.39. The van der Waals surface area contributed by atoms with Gasteiger partial charge in [0.1, 0.15) is 0 Å². The first-order chi connectivity index (χ1) is 14.9. The van der Waals surface area contributed by atoms with E-state index in [2.05, 4.69) is 9.80 Å². The lowest BCUT2D eigenvalue weighted by atomic mass is 10.1. The minimum Gasteiger partial charge on any atom is -0.342 e. The molecule has 1 aliphatic carbocycles. The molecule has 3 saturated heterocycles. The van der Waals surface area contributed by atoms with Gasteiger partial charge in [-0.25, -0.2) is 8.42 Å². The highest BCUT2D eigenvalue weighted by Gasteiger charge is 2.39. The van der Waals surface area contributed by atoms with E-state index >= 15 is 0 Å². The maximum absolute atomic E-state index is 13.3. The summed E-state index contributed by atoms with van der Waals surface area (Å²) >= 11 is 0. The molecule has 4 aliphatic rings. The molecule has 176 valence electrons. The Morgan fingerprint density at radius 2 is 1.35 bits per heavy atom. The molecule has 1 atom stereocenters. The van der Waals surface area contributed by atoms with Crippen molar-refractivity contribution >= 4 is 21.7 Å². The molecule has 31 heavy (non-hydrogen) atoms. The molecule has 1 unspecified atom stereocenters. The first kappa shape index (κ1) is 23.0. The van der Waals surface area contributed by atoms with Gasteiger partial charge in [-0.2, -0.15) is 0 Å². The fraction of sp³-hybridized carbons (Fsp3) is 0.909. The van der Waals surface area contributed by atoms with Crippen molar-refractivity contribution in [3.05, 3.63) is 0 Å². The Labute approximate surface area is 186 Å². The van der Waals surface area contributed by atoms with Gasteiger partial charge in [0.05, 0.1) is 24.6 Å². The maximum atomic E-state index is 13.3. The third-order valence-corrected chi connectivity index (χ3v) is 9.25.